The van der Waals surface area contributed by atoms with E-state index in [-0.39, 0.29) is 6.03 Å². The van der Waals surface area contributed by atoms with Crippen molar-refractivity contribution >= 4 is 27.9 Å². The molecular weight excluding hydrogens is 312 g/mol. The Morgan fingerprint density at radius 2 is 2.26 bits per heavy atom. The van der Waals surface area contributed by atoms with E-state index >= 15 is 0 Å². The minimum atomic E-state index is -0.935. The first-order chi connectivity index (χ1) is 9.08. The van der Waals surface area contributed by atoms with E-state index in [4.69, 9.17) is 5.11 Å². The summed E-state index contributed by atoms with van der Waals surface area (Å²) in [7, 11) is 0. The Bertz CT molecular complexity index is 493. The molecule has 0 spiro atoms. The molecule has 0 unspecified atom stereocenters. The topological polar surface area (TPSA) is 69.6 Å². The van der Waals surface area contributed by atoms with Crippen molar-refractivity contribution in [2.24, 2.45) is 0 Å². The van der Waals surface area contributed by atoms with E-state index in [0.717, 1.165) is 16.5 Å². The van der Waals surface area contributed by atoms with E-state index in [1.54, 1.807) is 0 Å². The molecule has 102 valence electrons. The standard InChI is InChI=1S/C13H15BrN2O3/c14-10-4-1-3-9(7-10)8-15-13(19)16-6-2-5-11(16)12(17)18/h1,3-4,7,11H,2,5-6,8H2,(H,15,19)(H,17,18)/t11-/m0/s1. The van der Waals surface area contributed by atoms with Crippen molar-refractivity contribution in [3.05, 3.63) is 34.3 Å². The smallest absolute Gasteiger partial charge is 0.326 e. The van der Waals surface area contributed by atoms with Gasteiger partial charge >= 0.3 is 12.0 Å². The maximum absolute atomic E-state index is 12.0. The Balaban J connectivity index is 1.92. The number of nitrogens with zero attached hydrogens (tertiary/aromatic N) is 1. The first-order valence-electron chi connectivity index (χ1n) is 6.09. The number of carbonyl (C=O) groups excluding carboxylic acids is 1. The lowest BCUT2D eigenvalue weighted by Gasteiger charge is -2.21. The van der Waals surface area contributed by atoms with Crippen LogP contribution < -0.4 is 5.32 Å². The van der Waals surface area contributed by atoms with Crippen LogP contribution >= 0.6 is 15.9 Å². The van der Waals surface area contributed by atoms with Crippen molar-refractivity contribution in [2.45, 2.75) is 25.4 Å². The molecule has 0 saturated carbocycles. The molecule has 0 aromatic heterocycles. The minimum absolute atomic E-state index is 0.315. The number of nitrogens with one attached hydrogen (secondary N) is 1. The molecule has 1 aromatic carbocycles. The number of hydrogen-bond acceptors (Lipinski definition) is 2. The number of amides is 2. The molecule has 1 atom stereocenters. The number of benzene rings is 1. The van der Waals surface area contributed by atoms with Crippen LogP contribution in [0.3, 0.4) is 0 Å². The average molecular weight is 327 g/mol. The van der Waals surface area contributed by atoms with Crippen LogP contribution in [0.2, 0.25) is 0 Å². The van der Waals surface area contributed by atoms with Gasteiger partial charge in [-0.25, -0.2) is 9.59 Å². The number of aliphatic carboxylic acids is 1. The Morgan fingerprint density at radius 3 is 2.95 bits per heavy atom. The molecule has 5 nitrogen and oxygen atoms in total. The van der Waals surface area contributed by atoms with Gasteiger partial charge in [0.15, 0.2) is 0 Å². The predicted molar refractivity (Wildman–Crippen MR) is 73.7 cm³/mol. The van der Waals surface area contributed by atoms with Crippen LogP contribution in [0.25, 0.3) is 0 Å². The van der Waals surface area contributed by atoms with Crippen molar-refractivity contribution in [2.75, 3.05) is 6.54 Å². The first kappa shape index (κ1) is 13.9. The largest absolute Gasteiger partial charge is 0.480 e. The van der Waals surface area contributed by atoms with Crippen LogP contribution in [0.4, 0.5) is 4.79 Å². The summed E-state index contributed by atoms with van der Waals surface area (Å²) in [6.45, 7) is 0.891. The molecule has 0 aliphatic carbocycles. The predicted octanol–water partition coefficient (Wildman–Crippen LogP) is 2.21. The Hall–Kier alpha value is -1.56. The molecule has 1 fully saturated rings. The van der Waals surface area contributed by atoms with Gasteiger partial charge in [-0.2, -0.15) is 0 Å². The van der Waals surface area contributed by atoms with E-state index in [0.29, 0.717) is 19.5 Å². The van der Waals surface area contributed by atoms with Crippen molar-refractivity contribution in [3.8, 4) is 0 Å². The number of urea groups is 1. The second kappa shape index (κ2) is 6.06. The Morgan fingerprint density at radius 1 is 1.47 bits per heavy atom. The van der Waals surface area contributed by atoms with E-state index in [1.807, 2.05) is 24.3 Å². The van der Waals surface area contributed by atoms with Gasteiger partial charge in [-0.3, -0.25) is 0 Å². The summed E-state index contributed by atoms with van der Waals surface area (Å²) in [5.41, 5.74) is 0.966. The molecule has 1 heterocycles. The number of carbonyl (C=O) groups is 2. The zero-order valence-electron chi connectivity index (χ0n) is 10.3. The van der Waals surface area contributed by atoms with E-state index in [9.17, 15) is 9.59 Å². The van der Waals surface area contributed by atoms with E-state index in [2.05, 4.69) is 21.2 Å². The molecule has 1 aliphatic heterocycles. The fourth-order valence-electron chi connectivity index (χ4n) is 2.19. The van der Waals surface area contributed by atoms with Crippen LogP contribution in [0.1, 0.15) is 18.4 Å². The van der Waals surface area contributed by atoms with Gasteiger partial charge in [0.1, 0.15) is 6.04 Å². The summed E-state index contributed by atoms with van der Waals surface area (Å²) in [5, 5.41) is 11.8. The molecular formula is C13H15BrN2O3. The summed E-state index contributed by atoms with van der Waals surface area (Å²) in [4.78, 5) is 24.4. The van der Waals surface area contributed by atoms with Crippen LogP contribution in [0.15, 0.2) is 28.7 Å². The monoisotopic (exact) mass is 326 g/mol. The number of rotatable bonds is 3. The van der Waals surface area contributed by atoms with Gasteiger partial charge in [-0.15, -0.1) is 0 Å². The molecule has 1 aromatic rings. The first-order valence-corrected chi connectivity index (χ1v) is 6.89. The molecule has 0 bridgehead atoms. The molecule has 1 aliphatic rings. The summed E-state index contributed by atoms with van der Waals surface area (Å²) >= 11 is 3.36. The number of hydrogen-bond donors (Lipinski definition) is 2. The van der Waals surface area contributed by atoms with Crippen LogP contribution in [0, 0.1) is 0 Å². The summed E-state index contributed by atoms with van der Waals surface area (Å²) < 4.78 is 0.948. The molecule has 2 amide bonds. The highest BCUT2D eigenvalue weighted by atomic mass is 79.9. The quantitative estimate of drug-likeness (QED) is 0.894. The molecule has 2 rings (SSSR count). The molecule has 0 radical (unpaired) electrons. The Labute approximate surface area is 119 Å². The summed E-state index contributed by atoms with van der Waals surface area (Å²) in [5.74, 6) is -0.935. The van der Waals surface area contributed by atoms with Gasteiger partial charge in [-0.1, -0.05) is 28.1 Å². The number of carboxylic acid groups (broad SMARTS) is 1. The Kier molecular flexibility index (Phi) is 4.42. The van der Waals surface area contributed by atoms with Gasteiger partial charge in [0.25, 0.3) is 0 Å². The lowest BCUT2D eigenvalue weighted by atomic mass is 10.2. The van der Waals surface area contributed by atoms with Gasteiger partial charge in [0.05, 0.1) is 0 Å². The summed E-state index contributed by atoms with van der Waals surface area (Å²) in [6, 6.07) is 6.61. The van der Waals surface area contributed by atoms with E-state index in [1.165, 1.54) is 4.90 Å². The third-order valence-electron chi connectivity index (χ3n) is 3.13. The molecule has 2 N–H and O–H groups in total. The maximum Gasteiger partial charge on any atom is 0.326 e. The van der Waals surface area contributed by atoms with Crippen molar-refractivity contribution in [3.63, 3.8) is 0 Å². The minimum Gasteiger partial charge on any atom is -0.480 e. The second-order valence-corrected chi connectivity index (χ2v) is 5.39. The van der Waals surface area contributed by atoms with Gasteiger partial charge in [0.2, 0.25) is 0 Å². The van der Waals surface area contributed by atoms with Crippen LogP contribution in [-0.4, -0.2) is 34.6 Å². The third-order valence-corrected chi connectivity index (χ3v) is 3.62. The SMILES string of the molecule is O=C(O)[C@@H]1CCCN1C(=O)NCc1cccc(Br)c1. The second-order valence-electron chi connectivity index (χ2n) is 4.48. The van der Waals surface area contributed by atoms with Gasteiger partial charge in [0, 0.05) is 17.6 Å². The number of carboxylic acids is 1. The highest BCUT2D eigenvalue weighted by Gasteiger charge is 2.33. The van der Waals surface area contributed by atoms with Crippen molar-refractivity contribution < 1.29 is 14.7 Å². The lowest BCUT2D eigenvalue weighted by molar-refractivity contribution is -0.141. The highest BCUT2D eigenvalue weighted by Crippen LogP contribution is 2.17. The van der Waals surface area contributed by atoms with Crippen LogP contribution in [0.5, 0.6) is 0 Å². The van der Waals surface area contributed by atoms with E-state index < -0.39 is 12.0 Å². The van der Waals surface area contributed by atoms with Crippen molar-refractivity contribution in [1.82, 2.24) is 10.2 Å². The fourth-order valence-corrected chi connectivity index (χ4v) is 2.64. The maximum atomic E-state index is 12.0. The van der Waals surface area contributed by atoms with Crippen LogP contribution in [-0.2, 0) is 11.3 Å². The lowest BCUT2D eigenvalue weighted by Crippen LogP contribution is -2.45. The third kappa shape index (κ3) is 3.47. The molecule has 19 heavy (non-hydrogen) atoms. The molecule has 1 saturated heterocycles. The number of halogens is 1. The number of likely N-dealkylation sites (tertiary alicyclic amines) is 1. The van der Waals surface area contributed by atoms with Gasteiger partial charge < -0.3 is 15.3 Å². The molecule has 6 heteroatoms. The summed E-state index contributed by atoms with van der Waals surface area (Å²) in [6.07, 6.45) is 1.26. The van der Waals surface area contributed by atoms with Crippen molar-refractivity contribution in [1.29, 1.82) is 0 Å². The zero-order chi connectivity index (χ0) is 13.8. The highest BCUT2D eigenvalue weighted by molar-refractivity contribution is 9.10. The zero-order valence-corrected chi connectivity index (χ0v) is 11.9. The average Bonchev–Trinajstić information content (AvgIpc) is 2.85. The van der Waals surface area contributed by atoms with Gasteiger partial charge in [-0.05, 0) is 30.5 Å². The fraction of sp³-hybridized carbons (Fsp3) is 0.385. The normalized spacial score (nSPS) is 18.4.